The number of thiophene rings is 1. The van der Waals surface area contributed by atoms with Crippen molar-refractivity contribution in [3.63, 3.8) is 0 Å². The van der Waals surface area contributed by atoms with Gasteiger partial charge in [0.2, 0.25) is 25.4 Å². The molecule has 3 amide bonds. The maximum Gasteiger partial charge on any atom is 0.410 e. The summed E-state index contributed by atoms with van der Waals surface area (Å²) in [6.07, 6.45) is 8.74. The van der Waals surface area contributed by atoms with Crippen LogP contribution in [0, 0.1) is 22.7 Å². The van der Waals surface area contributed by atoms with E-state index >= 15 is 8.78 Å². The molecule has 1 aromatic carbocycles. The van der Waals surface area contributed by atoms with E-state index in [4.69, 9.17) is 18.5 Å². The van der Waals surface area contributed by atoms with E-state index in [1.54, 1.807) is 22.3 Å². The molecule has 0 radical (unpaired) electrons. The van der Waals surface area contributed by atoms with E-state index in [0.717, 1.165) is 36.3 Å². The summed E-state index contributed by atoms with van der Waals surface area (Å²) >= 11 is 1.02. The van der Waals surface area contributed by atoms with Crippen LogP contribution in [0.2, 0.25) is 0 Å². The van der Waals surface area contributed by atoms with Crippen molar-refractivity contribution >= 4 is 58.7 Å². The van der Waals surface area contributed by atoms with Gasteiger partial charge in [-0.1, -0.05) is 6.07 Å². The van der Waals surface area contributed by atoms with Crippen LogP contribution in [0.15, 0.2) is 43.0 Å². The van der Waals surface area contributed by atoms with Crippen molar-refractivity contribution in [1.29, 1.82) is 0 Å². The lowest BCUT2D eigenvalue weighted by molar-refractivity contribution is -0.163. The number of amides is 3. The minimum Gasteiger partial charge on any atom is -0.438 e. The van der Waals surface area contributed by atoms with Crippen LogP contribution in [0.25, 0.3) is 10.1 Å². The van der Waals surface area contributed by atoms with Gasteiger partial charge in [0.1, 0.15) is 12.1 Å². The number of halogens is 2. The third kappa shape index (κ3) is 8.82. The molecule has 15 nitrogen and oxygen atoms in total. The highest BCUT2D eigenvalue weighted by Gasteiger charge is 2.56. The van der Waals surface area contributed by atoms with Crippen LogP contribution in [-0.4, -0.2) is 93.8 Å². The van der Waals surface area contributed by atoms with Gasteiger partial charge in [0.05, 0.1) is 28.1 Å². The van der Waals surface area contributed by atoms with E-state index in [1.807, 2.05) is 10.8 Å². The van der Waals surface area contributed by atoms with E-state index in [0.29, 0.717) is 43.0 Å². The topological polar surface area (TPSA) is 176 Å². The molecule has 1 aliphatic carbocycles. The summed E-state index contributed by atoms with van der Waals surface area (Å²) in [5.74, 6) is -1.90. The average Bonchev–Trinajstić information content (AvgIpc) is 3.54. The number of likely N-dealkylation sites (tertiary alicyclic amines) is 1. The van der Waals surface area contributed by atoms with E-state index in [2.05, 4.69) is 10.3 Å². The van der Waals surface area contributed by atoms with E-state index in [1.165, 1.54) is 53.7 Å². The minimum atomic E-state index is -5.57. The van der Waals surface area contributed by atoms with Crippen LogP contribution in [0.5, 0.6) is 0 Å². The number of nitrogens with one attached hydrogen (secondary N) is 1. The predicted octanol–water partition coefficient (Wildman–Crippen LogP) is 6.44. The number of carbonyl (C=O) groups is 5. The van der Waals surface area contributed by atoms with Crippen molar-refractivity contribution in [2.24, 2.45) is 22.7 Å². The molecule has 0 unspecified atom stereocenters. The van der Waals surface area contributed by atoms with Crippen molar-refractivity contribution in [3.05, 3.63) is 53.4 Å². The van der Waals surface area contributed by atoms with Crippen LogP contribution in [0.1, 0.15) is 94.9 Å². The molecule has 5 atom stereocenters. The number of nitrogens with zero attached hydrogens (tertiary/aromatic N) is 4. The number of esters is 2. The van der Waals surface area contributed by atoms with Gasteiger partial charge < -0.3 is 29.2 Å². The van der Waals surface area contributed by atoms with Crippen molar-refractivity contribution < 1.29 is 55.8 Å². The van der Waals surface area contributed by atoms with Gasteiger partial charge in [-0.3, -0.25) is 37.6 Å². The standard InChI is InChI=1S/C40H50F2N5O10PS/c1-38(2,3)36(51)54-21-56-58(53,57-22-55-37(52)39(4,5)6)40(41,42)26-7-10-31-25(14-26)17-32(59-31)33(48)44-29-16-24-13-23(24)15-27-8-9-30(47(27)34(29)49)35(50)46-18-28(19-46)45-12-11-43-20-45/h7,10-12,14,17,20,23-24,27-30H,8-9,13,15-16,18-19,21-22H2,1-6H3,(H,44,48)/t23-,24+,27-,29+,30+/m1/s1. The second kappa shape index (κ2) is 16.0. The monoisotopic (exact) mass is 861 g/mol. The number of imidazole rings is 1. The maximum atomic E-state index is 16.3. The van der Waals surface area contributed by atoms with Gasteiger partial charge in [-0.2, -0.15) is 8.78 Å². The van der Waals surface area contributed by atoms with Crippen molar-refractivity contribution in [2.75, 3.05) is 26.7 Å². The molecule has 320 valence electrons. The lowest BCUT2D eigenvalue weighted by atomic mass is 9.98. The van der Waals surface area contributed by atoms with Crippen LogP contribution in [-0.2, 0) is 47.9 Å². The van der Waals surface area contributed by atoms with Crippen molar-refractivity contribution in [3.8, 4) is 0 Å². The van der Waals surface area contributed by atoms with E-state index < -0.39 is 73.2 Å². The van der Waals surface area contributed by atoms with Gasteiger partial charge in [-0.25, -0.2) is 4.98 Å². The first kappa shape index (κ1) is 42.9. The molecule has 1 saturated carbocycles. The van der Waals surface area contributed by atoms with Crippen molar-refractivity contribution in [2.45, 2.75) is 103 Å². The Labute approximate surface area is 344 Å². The van der Waals surface area contributed by atoms with Crippen LogP contribution in [0.3, 0.4) is 0 Å². The molecule has 3 aliphatic heterocycles. The Bertz CT molecular complexity index is 2130. The number of hydrogen-bond acceptors (Lipinski definition) is 12. The molecule has 3 saturated heterocycles. The Morgan fingerprint density at radius 3 is 2.15 bits per heavy atom. The smallest absolute Gasteiger partial charge is 0.410 e. The number of hydrogen-bond donors (Lipinski definition) is 1. The Hall–Kier alpha value is -4.25. The average molecular weight is 862 g/mol. The number of carbonyl (C=O) groups excluding carboxylic acids is 5. The molecule has 4 fully saturated rings. The number of benzene rings is 1. The maximum absolute atomic E-state index is 16.3. The lowest BCUT2D eigenvalue weighted by Crippen LogP contribution is -2.60. The molecule has 0 spiro atoms. The second-order valence-corrected chi connectivity index (χ2v) is 21.1. The number of aromatic nitrogens is 2. The zero-order valence-electron chi connectivity index (χ0n) is 33.9. The number of rotatable bonds is 12. The van der Waals surface area contributed by atoms with Gasteiger partial charge in [0.25, 0.3) is 5.91 Å². The first-order valence-electron chi connectivity index (χ1n) is 19.7. The molecule has 4 aliphatic rings. The molecule has 59 heavy (non-hydrogen) atoms. The quantitative estimate of drug-likeness (QED) is 0.121. The van der Waals surface area contributed by atoms with E-state index in [-0.39, 0.29) is 40.1 Å². The Morgan fingerprint density at radius 1 is 0.898 bits per heavy atom. The van der Waals surface area contributed by atoms with Crippen LogP contribution < -0.4 is 5.32 Å². The highest BCUT2D eigenvalue weighted by Crippen LogP contribution is 2.67. The number of ether oxygens (including phenoxy) is 2. The Balaban J connectivity index is 1.06. The Morgan fingerprint density at radius 2 is 1.54 bits per heavy atom. The first-order valence-corrected chi connectivity index (χ1v) is 22.1. The molecule has 1 N–H and O–H groups in total. The largest absolute Gasteiger partial charge is 0.438 e. The summed E-state index contributed by atoms with van der Waals surface area (Å²) in [7, 11) is -5.57. The fourth-order valence-electron chi connectivity index (χ4n) is 7.81. The zero-order valence-corrected chi connectivity index (χ0v) is 35.6. The number of fused-ring (bicyclic) bond motifs is 3. The fraction of sp³-hybridized carbons (Fsp3) is 0.600. The SMILES string of the molecule is CC(C)(C)C(=O)OCOP(=O)(OCOC(=O)C(C)(C)C)C(F)(F)c1ccc2sc(C(=O)N[C@H]3C[C@@H]4C[C@@H]4C[C@H]4CC[C@@H](C(=O)N5CC(n6ccnc6)C5)N4C3=O)cc2c1. The minimum absolute atomic E-state index is 0.0930. The van der Waals surface area contributed by atoms with Gasteiger partial charge in [0.15, 0.2) is 0 Å². The predicted molar refractivity (Wildman–Crippen MR) is 210 cm³/mol. The summed E-state index contributed by atoms with van der Waals surface area (Å²) < 4.78 is 68.7. The van der Waals surface area contributed by atoms with Crippen LogP contribution >= 0.6 is 18.9 Å². The van der Waals surface area contributed by atoms with Gasteiger partial charge in [0, 0.05) is 41.8 Å². The highest BCUT2D eigenvalue weighted by molar-refractivity contribution is 7.54. The molecule has 19 heteroatoms. The summed E-state index contributed by atoms with van der Waals surface area (Å²) in [6.45, 7) is 7.97. The molecular formula is C40H50F2N5O10PS. The van der Waals surface area contributed by atoms with Crippen LogP contribution in [0.4, 0.5) is 8.78 Å². The van der Waals surface area contributed by atoms with Gasteiger partial charge in [-0.05, 0) is 109 Å². The van der Waals surface area contributed by atoms with E-state index in [9.17, 15) is 28.5 Å². The third-order valence-electron chi connectivity index (χ3n) is 11.4. The summed E-state index contributed by atoms with van der Waals surface area (Å²) in [5.41, 5.74) is -7.19. The Kier molecular flexibility index (Phi) is 11.6. The molecule has 0 bridgehead atoms. The first-order chi connectivity index (χ1) is 27.7. The van der Waals surface area contributed by atoms with Gasteiger partial charge in [-0.15, -0.1) is 11.3 Å². The summed E-state index contributed by atoms with van der Waals surface area (Å²) in [4.78, 5) is 74.2. The van der Waals surface area contributed by atoms with Gasteiger partial charge >= 0.3 is 25.2 Å². The highest BCUT2D eigenvalue weighted by atomic mass is 32.1. The molecule has 3 aromatic rings. The van der Waals surface area contributed by atoms with Crippen molar-refractivity contribution in [1.82, 2.24) is 24.7 Å². The zero-order chi connectivity index (χ0) is 42.7. The molecular weight excluding hydrogens is 812 g/mol. The summed E-state index contributed by atoms with van der Waals surface area (Å²) in [6, 6.07) is 3.32. The third-order valence-corrected chi connectivity index (χ3v) is 14.4. The second-order valence-electron chi connectivity index (χ2n) is 17.9. The normalized spacial score (nSPS) is 23.8. The molecule has 5 heterocycles. The fourth-order valence-corrected chi connectivity index (χ4v) is 10.00. The number of alkyl halides is 2. The lowest BCUT2D eigenvalue weighted by Gasteiger charge is -2.43. The summed E-state index contributed by atoms with van der Waals surface area (Å²) in [5, 5.41) is 3.12. The molecule has 7 rings (SSSR count). The molecule has 2 aromatic heterocycles.